The van der Waals surface area contributed by atoms with Crippen molar-refractivity contribution in [3.8, 4) is 0 Å². The minimum absolute atomic E-state index is 0.342. The Balaban J connectivity index is 2.31. The summed E-state index contributed by atoms with van der Waals surface area (Å²) in [6.45, 7) is 2.93. The number of ether oxygens (including phenoxy) is 1. The Kier molecular flexibility index (Phi) is 4.19. The number of benzene rings is 1. The van der Waals surface area contributed by atoms with Gasteiger partial charge in [0.05, 0.1) is 12.7 Å². The van der Waals surface area contributed by atoms with Crippen molar-refractivity contribution >= 4 is 5.69 Å². The van der Waals surface area contributed by atoms with Crippen LogP contribution < -0.4 is 4.90 Å². The van der Waals surface area contributed by atoms with Gasteiger partial charge < -0.3 is 14.7 Å². The van der Waals surface area contributed by atoms with Crippen LogP contribution in [0.5, 0.6) is 0 Å². The lowest BCUT2D eigenvalue weighted by molar-refractivity contribution is 0.192. The summed E-state index contributed by atoms with van der Waals surface area (Å²) in [4.78, 5) is 2.15. The van der Waals surface area contributed by atoms with E-state index in [1.165, 1.54) is 6.07 Å². The first-order chi connectivity index (χ1) is 8.65. The van der Waals surface area contributed by atoms with Crippen LogP contribution in [0.15, 0.2) is 18.2 Å². The highest BCUT2D eigenvalue weighted by molar-refractivity contribution is 5.56. The fourth-order valence-corrected chi connectivity index (χ4v) is 2.27. The molecule has 0 saturated heterocycles. The van der Waals surface area contributed by atoms with Crippen LogP contribution in [0.1, 0.15) is 31.4 Å². The summed E-state index contributed by atoms with van der Waals surface area (Å²) >= 11 is 0. The molecule has 1 aliphatic carbocycles. The number of hydrogen-bond acceptors (Lipinski definition) is 3. The quantitative estimate of drug-likeness (QED) is 0.845. The normalized spacial score (nSPS) is 16.7. The maximum absolute atomic E-state index is 13.8. The number of hydrogen-bond donors (Lipinski definition) is 1. The van der Waals surface area contributed by atoms with Crippen molar-refractivity contribution in [1.82, 2.24) is 0 Å². The number of rotatable bonds is 6. The number of methoxy groups -OCH3 is 1. The number of halogens is 1. The van der Waals surface area contributed by atoms with E-state index >= 15 is 0 Å². The Bertz CT molecular complexity index is 405. The van der Waals surface area contributed by atoms with Crippen LogP contribution in [0.3, 0.4) is 0 Å². The number of nitrogens with zero attached hydrogens (tertiary/aromatic N) is 1. The second kappa shape index (κ2) is 5.67. The van der Waals surface area contributed by atoms with Crippen LogP contribution in [0.2, 0.25) is 0 Å². The first-order valence-corrected chi connectivity index (χ1v) is 6.37. The van der Waals surface area contributed by atoms with Gasteiger partial charge in [-0.25, -0.2) is 4.39 Å². The Morgan fingerprint density at radius 2 is 2.22 bits per heavy atom. The summed E-state index contributed by atoms with van der Waals surface area (Å²) in [5.74, 6) is -0.342. The third kappa shape index (κ3) is 2.82. The lowest BCUT2D eigenvalue weighted by atomic mass is 10.1. The number of anilines is 1. The second-order valence-corrected chi connectivity index (χ2v) is 4.77. The molecule has 100 valence electrons. The van der Waals surface area contributed by atoms with E-state index in [0.717, 1.165) is 25.1 Å². The molecule has 0 amide bonds. The van der Waals surface area contributed by atoms with Gasteiger partial charge in [-0.3, -0.25) is 0 Å². The van der Waals surface area contributed by atoms with Crippen molar-refractivity contribution in [3.63, 3.8) is 0 Å². The maximum atomic E-state index is 13.8. The first-order valence-electron chi connectivity index (χ1n) is 6.37. The molecule has 1 aromatic carbocycles. The fourth-order valence-electron chi connectivity index (χ4n) is 2.27. The summed E-state index contributed by atoms with van der Waals surface area (Å²) < 4.78 is 19.0. The molecule has 0 unspecified atom stereocenters. The Morgan fingerprint density at radius 1 is 1.50 bits per heavy atom. The molecule has 0 aliphatic heterocycles. The van der Waals surface area contributed by atoms with Gasteiger partial charge in [-0.1, -0.05) is 6.07 Å². The van der Waals surface area contributed by atoms with Crippen molar-refractivity contribution < 1.29 is 14.2 Å². The van der Waals surface area contributed by atoms with Gasteiger partial charge in [-0.2, -0.15) is 0 Å². The molecule has 18 heavy (non-hydrogen) atoms. The molecule has 0 radical (unpaired) electrons. The van der Waals surface area contributed by atoms with Crippen molar-refractivity contribution in [2.45, 2.75) is 31.9 Å². The van der Waals surface area contributed by atoms with Gasteiger partial charge in [0.2, 0.25) is 0 Å². The zero-order valence-corrected chi connectivity index (χ0v) is 10.9. The van der Waals surface area contributed by atoms with Crippen LogP contribution in [-0.2, 0) is 4.74 Å². The highest BCUT2D eigenvalue weighted by atomic mass is 19.1. The molecule has 0 bridgehead atoms. The Morgan fingerprint density at radius 3 is 2.78 bits per heavy atom. The molecule has 0 spiro atoms. The molecule has 3 nitrogen and oxygen atoms in total. The molecule has 4 heteroatoms. The van der Waals surface area contributed by atoms with Crippen molar-refractivity contribution in [2.75, 3.05) is 25.2 Å². The SMILES string of the molecule is COCCN(c1cccc(F)c1[C@@H](C)O)C1CC1. The second-order valence-electron chi connectivity index (χ2n) is 4.77. The topological polar surface area (TPSA) is 32.7 Å². The van der Waals surface area contributed by atoms with E-state index in [0.29, 0.717) is 18.2 Å². The van der Waals surface area contributed by atoms with Crippen molar-refractivity contribution in [2.24, 2.45) is 0 Å². The highest BCUT2D eigenvalue weighted by Gasteiger charge is 2.31. The van der Waals surface area contributed by atoms with E-state index in [1.54, 1.807) is 20.1 Å². The van der Waals surface area contributed by atoms with Crippen LogP contribution in [0.4, 0.5) is 10.1 Å². The summed E-state index contributed by atoms with van der Waals surface area (Å²) in [6.07, 6.45) is 1.45. The molecule has 1 aliphatic rings. The molecule has 0 heterocycles. The highest BCUT2D eigenvalue weighted by Crippen LogP contribution is 2.36. The van der Waals surface area contributed by atoms with Gasteiger partial charge in [-0.15, -0.1) is 0 Å². The lowest BCUT2D eigenvalue weighted by Gasteiger charge is -2.28. The molecule has 1 aromatic rings. The number of aliphatic hydroxyl groups is 1. The van der Waals surface area contributed by atoms with Crippen LogP contribution in [-0.4, -0.2) is 31.4 Å². The molecule has 2 rings (SSSR count). The average molecular weight is 253 g/mol. The largest absolute Gasteiger partial charge is 0.389 e. The van der Waals surface area contributed by atoms with Gasteiger partial charge in [0.15, 0.2) is 0 Å². The van der Waals surface area contributed by atoms with Gasteiger partial charge >= 0.3 is 0 Å². The predicted molar refractivity (Wildman–Crippen MR) is 69.3 cm³/mol. The average Bonchev–Trinajstić information content (AvgIpc) is 3.13. The first kappa shape index (κ1) is 13.3. The Labute approximate surface area is 107 Å². The van der Waals surface area contributed by atoms with E-state index in [9.17, 15) is 9.50 Å². The fraction of sp³-hybridized carbons (Fsp3) is 0.571. The van der Waals surface area contributed by atoms with Crippen LogP contribution in [0.25, 0.3) is 0 Å². The molecule has 1 fully saturated rings. The third-order valence-electron chi connectivity index (χ3n) is 3.28. The van der Waals surface area contributed by atoms with E-state index in [1.807, 2.05) is 6.07 Å². The minimum atomic E-state index is -0.801. The molecule has 1 saturated carbocycles. The van der Waals surface area contributed by atoms with Gasteiger partial charge in [-0.05, 0) is 31.9 Å². The monoisotopic (exact) mass is 253 g/mol. The molecular formula is C14H20FNO2. The zero-order valence-electron chi connectivity index (χ0n) is 10.9. The smallest absolute Gasteiger partial charge is 0.131 e. The van der Waals surface area contributed by atoms with Crippen LogP contribution in [0, 0.1) is 5.82 Å². The van der Waals surface area contributed by atoms with Gasteiger partial charge in [0.1, 0.15) is 5.82 Å². The van der Waals surface area contributed by atoms with E-state index < -0.39 is 6.10 Å². The van der Waals surface area contributed by atoms with Crippen molar-refractivity contribution in [3.05, 3.63) is 29.6 Å². The van der Waals surface area contributed by atoms with E-state index in [2.05, 4.69) is 4.90 Å². The summed E-state index contributed by atoms with van der Waals surface area (Å²) in [7, 11) is 1.66. The molecule has 1 N–H and O–H groups in total. The molecular weight excluding hydrogens is 233 g/mol. The Hall–Kier alpha value is -1.13. The van der Waals surface area contributed by atoms with Gasteiger partial charge in [0.25, 0.3) is 0 Å². The van der Waals surface area contributed by atoms with E-state index in [4.69, 9.17) is 4.74 Å². The number of aliphatic hydroxyl groups excluding tert-OH is 1. The standard InChI is InChI=1S/C14H20FNO2/c1-10(17)14-12(15)4-3-5-13(14)16(8-9-18-2)11-6-7-11/h3-5,10-11,17H,6-9H2,1-2H3/t10-/m1/s1. The third-order valence-corrected chi connectivity index (χ3v) is 3.28. The molecule has 1 atom stereocenters. The summed E-state index contributed by atoms with van der Waals surface area (Å²) in [5, 5.41) is 9.76. The molecule has 0 aromatic heterocycles. The lowest BCUT2D eigenvalue weighted by Crippen LogP contribution is -2.30. The summed E-state index contributed by atoms with van der Waals surface area (Å²) in [5.41, 5.74) is 1.19. The van der Waals surface area contributed by atoms with Gasteiger partial charge in [0, 0.05) is 30.9 Å². The summed E-state index contributed by atoms with van der Waals surface area (Å²) in [6, 6.07) is 5.42. The van der Waals surface area contributed by atoms with E-state index in [-0.39, 0.29) is 5.82 Å². The maximum Gasteiger partial charge on any atom is 0.131 e. The van der Waals surface area contributed by atoms with Crippen molar-refractivity contribution in [1.29, 1.82) is 0 Å². The van der Waals surface area contributed by atoms with Crippen LogP contribution >= 0.6 is 0 Å². The zero-order chi connectivity index (χ0) is 13.1. The predicted octanol–water partition coefficient (Wildman–Crippen LogP) is 2.49. The minimum Gasteiger partial charge on any atom is -0.389 e.